The molecule has 0 aromatic carbocycles. The maximum atomic E-state index is 12.1. The quantitative estimate of drug-likeness (QED) is 0.0790. The zero-order valence-electron chi connectivity index (χ0n) is 32.7. The number of amides is 6. The molecule has 0 bridgehead atoms. The van der Waals surface area contributed by atoms with E-state index in [-0.39, 0.29) is 23.6 Å². The first-order valence-corrected chi connectivity index (χ1v) is 20.7. The summed E-state index contributed by atoms with van der Waals surface area (Å²) in [4.78, 5) is 69.7. The fourth-order valence-electron chi connectivity index (χ4n) is 6.47. The first kappa shape index (κ1) is 48.8. The zero-order valence-corrected chi connectivity index (χ0v) is 32.7. The minimum Gasteiger partial charge on any atom is -0.370 e. The second-order valence-corrected chi connectivity index (χ2v) is 14.6. The van der Waals surface area contributed by atoms with E-state index in [2.05, 4.69) is 9.80 Å². The number of primary amides is 4. The molecule has 6 amide bonds. The summed E-state index contributed by atoms with van der Waals surface area (Å²) in [5.41, 5.74) is 19.9. The summed E-state index contributed by atoms with van der Waals surface area (Å²) in [5, 5.41) is 0. The van der Waals surface area contributed by atoms with Crippen LogP contribution in [0.5, 0.6) is 0 Å². The van der Waals surface area contributed by atoms with Gasteiger partial charge in [-0.2, -0.15) is 0 Å². The van der Waals surface area contributed by atoms with Crippen LogP contribution in [0.1, 0.15) is 193 Å². The highest BCUT2D eigenvalue weighted by Gasteiger charge is 2.15. The molecular formula is C40H76N6O6. The van der Waals surface area contributed by atoms with E-state index >= 15 is 0 Å². The van der Waals surface area contributed by atoms with Gasteiger partial charge in [0.15, 0.2) is 0 Å². The van der Waals surface area contributed by atoms with Crippen LogP contribution in [-0.4, -0.2) is 71.4 Å². The maximum Gasteiger partial charge on any atom is 0.222 e. The number of hydrogen-bond donors (Lipinski definition) is 4. The Morgan fingerprint density at radius 2 is 0.481 bits per heavy atom. The number of rotatable bonds is 25. The van der Waals surface area contributed by atoms with Crippen molar-refractivity contribution in [3.63, 3.8) is 0 Å². The van der Waals surface area contributed by atoms with Gasteiger partial charge in [0.25, 0.3) is 0 Å². The Bertz CT molecular complexity index is 946. The molecule has 2 saturated heterocycles. The SMILES string of the molecule is NC(=O)CCCCC(N)=O.NC(=O)CCCCCCCCC(=O)N1CCCCCC1.NC(=O)CCCCCCCCCCC(=O)N1CCCCCC1. The predicted octanol–water partition coefficient (Wildman–Crippen LogP) is 6.29. The van der Waals surface area contributed by atoms with Crippen molar-refractivity contribution in [1.29, 1.82) is 0 Å². The Morgan fingerprint density at radius 3 is 0.712 bits per heavy atom. The lowest BCUT2D eigenvalue weighted by molar-refractivity contribution is -0.132. The van der Waals surface area contributed by atoms with Gasteiger partial charge in [0.05, 0.1) is 0 Å². The summed E-state index contributed by atoms with van der Waals surface area (Å²) < 4.78 is 0. The van der Waals surface area contributed by atoms with E-state index in [1.807, 2.05) is 0 Å². The van der Waals surface area contributed by atoms with Gasteiger partial charge in [-0.1, -0.05) is 89.9 Å². The summed E-state index contributed by atoms with van der Waals surface area (Å²) in [6.07, 6.45) is 29.8. The third-order valence-corrected chi connectivity index (χ3v) is 9.64. The molecule has 0 aromatic rings. The maximum absolute atomic E-state index is 12.1. The molecule has 0 saturated carbocycles. The van der Waals surface area contributed by atoms with Crippen molar-refractivity contribution in [3.05, 3.63) is 0 Å². The first-order valence-electron chi connectivity index (χ1n) is 20.7. The van der Waals surface area contributed by atoms with Crippen LogP contribution in [0.4, 0.5) is 0 Å². The summed E-state index contributed by atoms with van der Waals surface area (Å²) in [6.45, 7) is 3.88. The molecule has 2 rings (SSSR count). The van der Waals surface area contributed by atoms with Gasteiger partial charge in [-0.05, 0) is 64.2 Å². The normalized spacial score (nSPS) is 14.5. The van der Waals surface area contributed by atoms with Crippen molar-refractivity contribution in [2.45, 2.75) is 193 Å². The van der Waals surface area contributed by atoms with Gasteiger partial charge in [0.2, 0.25) is 35.4 Å². The van der Waals surface area contributed by atoms with Crippen molar-refractivity contribution >= 4 is 35.4 Å². The van der Waals surface area contributed by atoms with E-state index < -0.39 is 0 Å². The fraction of sp³-hybridized carbons (Fsp3) is 0.850. The van der Waals surface area contributed by atoms with E-state index in [9.17, 15) is 28.8 Å². The summed E-state index contributed by atoms with van der Waals surface area (Å²) in [6, 6.07) is 0. The van der Waals surface area contributed by atoms with Crippen LogP contribution in [0.3, 0.4) is 0 Å². The van der Waals surface area contributed by atoms with Gasteiger partial charge >= 0.3 is 0 Å². The Hall–Kier alpha value is -3.18. The topological polar surface area (TPSA) is 213 Å². The van der Waals surface area contributed by atoms with Gasteiger partial charge in [0, 0.05) is 64.7 Å². The summed E-state index contributed by atoms with van der Waals surface area (Å²) in [7, 11) is 0. The minimum absolute atomic E-state index is 0.186. The minimum atomic E-state index is -0.329. The van der Waals surface area contributed by atoms with E-state index in [0.29, 0.717) is 56.8 Å². The predicted molar refractivity (Wildman–Crippen MR) is 208 cm³/mol. The number of hydrogen-bond acceptors (Lipinski definition) is 6. The number of carbonyl (C=O) groups is 6. The Kier molecular flexibility index (Phi) is 32.7. The van der Waals surface area contributed by atoms with Crippen LogP contribution in [0.2, 0.25) is 0 Å². The Balaban J connectivity index is 0.000000802. The average Bonchev–Trinajstić information content (AvgIpc) is 3.55. The third kappa shape index (κ3) is 33.9. The van der Waals surface area contributed by atoms with Gasteiger partial charge in [-0.3, -0.25) is 28.8 Å². The molecule has 0 atom stereocenters. The molecule has 12 nitrogen and oxygen atoms in total. The lowest BCUT2D eigenvalue weighted by atomic mass is 10.1. The molecule has 2 heterocycles. The van der Waals surface area contributed by atoms with Crippen LogP contribution in [0, 0.1) is 0 Å². The first-order chi connectivity index (χ1) is 25.0. The molecule has 8 N–H and O–H groups in total. The number of nitrogens with two attached hydrogens (primary N) is 4. The largest absolute Gasteiger partial charge is 0.370 e. The molecule has 0 aromatic heterocycles. The van der Waals surface area contributed by atoms with Gasteiger partial charge in [-0.15, -0.1) is 0 Å². The molecule has 2 aliphatic rings. The van der Waals surface area contributed by atoms with Crippen molar-refractivity contribution < 1.29 is 28.8 Å². The van der Waals surface area contributed by atoms with Gasteiger partial charge in [0.1, 0.15) is 0 Å². The van der Waals surface area contributed by atoms with Crippen LogP contribution in [-0.2, 0) is 28.8 Å². The smallest absolute Gasteiger partial charge is 0.222 e. The van der Waals surface area contributed by atoms with E-state index in [0.717, 1.165) is 90.4 Å². The number of carbonyl (C=O) groups excluding carboxylic acids is 6. The highest BCUT2D eigenvalue weighted by Crippen LogP contribution is 2.15. The zero-order chi connectivity index (χ0) is 38.7. The van der Waals surface area contributed by atoms with E-state index in [1.54, 1.807) is 0 Å². The Morgan fingerprint density at radius 1 is 0.288 bits per heavy atom. The monoisotopic (exact) mass is 737 g/mol. The highest BCUT2D eigenvalue weighted by molar-refractivity contribution is 5.77. The summed E-state index contributed by atoms with van der Waals surface area (Å²) >= 11 is 0. The van der Waals surface area contributed by atoms with Crippen LogP contribution >= 0.6 is 0 Å². The number of unbranched alkanes of at least 4 members (excludes halogenated alkanes) is 13. The van der Waals surface area contributed by atoms with Crippen LogP contribution in [0.25, 0.3) is 0 Å². The fourth-order valence-corrected chi connectivity index (χ4v) is 6.47. The number of nitrogens with zero attached hydrogens (tertiary/aromatic N) is 2. The van der Waals surface area contributed by atoms with Crippen LogP contribution in [0.15, 0.2) is 0 Å². The average molecular weight is 737 g/mol. The second kappa shape index (κ2) is 34.9. The molecule has 302 valence electrons. The molecule has 12 heteroatoms. The molecule has 52 heavy (non-hydrogen) atoms. The summed E-state index contributed by atoms with van der Waals surface area (Å²) in [5.74, 6) is -0.329. The Labute approximate surface area is 315 Å². The lowest BCUT2D eigenvalue weighted by Crippen LogP contribution is -2.31. The molecule has 0 spiro atoms. The third-order valence-electron chi connectivity index (χ3n) is 9.64. The van der Waals surface area contributed by atoms with Crippen molar-refractivity contribution in [2.24, 2.45) is 22.9 Å². The molecular weight excluding hydrogens is 660 g/mol. The van der Waals surface area contributed by atoms with E-state index in [4.69, 9.17) is 22.9 Å². The van der Waals surface area contributed by atoms with Crippen LogP contribution < -0.4 is 22.9 Å². The molecule has 0 unspecified atom stereocenters. The molecule has 0 radical (unpaired) electrons. The lowest BCUT2D eigenvalue weighted by Gasteiger charge is -2.20. The molecule has 0 aliphatic carbocycles. The molecule has 2 fully saturated rings. The van der Waals surface area contributed by atoms with Gasteiger partial charge in [-0.25, -0.2) is 0 Å². The molecule has 2 aliphatic heterocycles. The highest BCUT2D eigenvalue weighted by atomic mass is 16.2. The number of likely N-dealkylation sites (tertiary alicyclic amines) is 2. The van der Waals surface area contributed by atoms with Crippen molar-refractivity contribution in [1.82, 2.24) is 9.80 Å². The van der Waals surface area contributed by atoms with E-state index in [1.165, 1.54) is 83.5 Å². The van der Waals surface area contributed by atoms with Crippen molar-refractivity contribution in [2.75, 3.05) is 26.2 Å². The van der Waals surface area contributed by atoms with Gasteiger partial charge < -0.3 is 32.7 Å². The standard InChI is InChI=1S/C18H34N2O2.C16H30N2O2.C6H12N2O2/c19-17(21)13-9-5-3-1-2-4-6-10-14-18(22)20-15-11-7-8-12-16-20;17-15(19)11-7-3-1-2-4-8-12-16(20)18-13-9-5-6-10-14-18;7-5(9)3-1-2-4-6(8)10/h1-16H2,(H2,19,21);1-14H2,(H2,17,19);1-4H2,(H2,7,9)(H2,8,10). The van der Waals surface area contributed by atoms with Crippen molar-refractivity contribution in [3.8, 4) is 0 Å². The second-order valence-electron chi connectivity index (χ2n) is 14.6.